The van der Waals surface area contributed by atoms with Gasteiger partial charge in [-0.1, -0.05) is 29.3 Å². The lowest BCUT2D eigenvalue weighted by Crippen LogP contribution is -2.46. The van der Waals surface area contributed by atoms with Gasteiger partial charge < -0.3 is 15.1 Å². The number of rotatable bonds is 5. The van der Waals surface area contributed by atoms with Crippen molar-refractivity contribution in [2.75, 3.05) is 31.1 Å². The van der Waals surface area contributed by atoms with Crippen LogP contribution in [0.25, 0.3) is 0 Å². The van der Waals surface area contributed by atoms with Crippen LogP contribution in [0.5, 0.6) is 0 Å². The van der Waals surface area contributed by atoms with Crippen molar-refractivity contribution < 1.29 is 19.8 Å². The first-order valence-electron chi connectivity index (χ1n) is 10.9. The number of nitrogens with zero attached hydrogens (tertiary/aromatic N) is 3. The quantitative estimate of drug-likeness (QED) is 0.587. The number of likely N-dealkylation sites (tertiary alicyclic amines) is 1. The third kappa shape index (κ3) is 5.96. The van der Waals surface area contributed by atoms with Crippen molar-refractivity contribution in [3.63, 3.8) is 0 Å². The first kappa shape index (κ1) is 25.3. The van der Waals surface area contributed by atoms with Gasteiger partial charge in [-0.2, -0.15) is 0 Å². The fraction of sp³-hybridized carbons (Fsp3) is 0.458. The number of hydrogen-bond donors (Lipinski definition) is 2. The molecule has 1 aromatic carbocycles. The van der Waals surface area contributed by atoms with Crippen molar-refractivity contribution in [3.8, 4) is 0 Å². The van der Waals surface area contributed by atoms with Crippen LogP contribution in [-0.4, -0.2) is 58.7 Å². The highest BCUT2D eigenvalue weighted by atomic mass is 35.5. The molecule has 0 radical (unpaired) electrons. The summed E-state index contributed by atoms with van der Waals surface area (Å²) in [5.41, 5.74) is 5.66. The minimum atomic E-state index is -0.670. The van der Waals surface area contributed by atoms with Gasteiger partial charge in [-0.15, -0.1) is 0 Å². The molecule has 0 saturated carbocycles. The Morgan fingerprint density at radius 3 is 2.27 bits per heavy atom. The Balaban J connectivity index is 0.000000968. The first-order valence-corrected chi connectivity index (χ1v) is 11.7. The molecule has 4 rings (SSSR count). The number of anilines is 1. The zero-order valence-corrected chi connectivity index (χ0v) is 20.3. The van der Waals surface area contributed by atoms with E-state index in [0.717, 1.165) is 49.8 Å². The van der Waals surface area contributed by atoms with Gasteiger partial charge in [0.25, 0.3) is 6.47 Å². The van der Waals surface area contributed by atoms with Crippen LogP contribution in [0, 0.1) is 19.8 Å². The van der Waals surface area contributed by atoms with Crippen LogP contribution >= 0.6 is 23.2 Å². The lowest BCUT2D eigenvalue weighted by atomic mass is 9.86. The molecule has 0 atom stereocenters. The van der Waals surface area contributed by atoms with Gasteiger partial charge in [-0.3, -0.25) is 19.5 Å². The molecule has 0 aliphatic carbocycles. The predicted molar refractivity (Wildman–Crippen MR) is 129 cm³/mol. The summed E-state index contributed by atoms with van der Waals surface area (Å²) in [6.45, 7) is 8.18. The second-order valence-electron chi connectivity index (χ2n) is 8.60. The lowest BCUT2D eigenvalue weighted by molar-refractivity contribution is -0.143. The van der Waals surface area contributed by atoms with Gasteiger partial charge in [0.2, 0.25) is 0 Å². The average molecular weight is 494 g/mol. The van der Waals surface area contributed by atoms with Crippen LogP contribution in [0.4, 0.5) is 5.69 Å². The molecular weight excluding hydrogens is 465 g/mol. The SMILES string of the molecule is Cc1cc(CN2CCC(C(=O)O)CC2)nc(C)c1C1CN(c2c(Cl)cccc2Cl)C1.O=CO. The van der Waals surface area contributed by atoms with Crippen LogP contribution in [0.3, 0.4) is 0 Å². The number of aryl methyl sites for hydroxylation is 2. The number of aromatic nitrogens is 1. The largest absolute Gasteiger partial charge is 0.483 e. The Hall–Kier alpha value is -2.35. The molecule has 2 saturated heterocycles. The standard InChI is InChI=1S/C23H27Cl2N3O2.CH2O2/c1-14-10-18(13-27-8-6-16(7-9-27)23(29)30)26-15(2)21(14)17-11-28(12-17)22-19(24)4-3-5-20(22)25;2-1-3/h3-5,10,16-17H,6-9,11-13H2,1-2H3,(H,29,30);1H,(H,2,3). The molecule has 3 heterocycles. The van der Waals surface area contributed by atoms with Gasteiger partial charge in [0.1, 0.15) is 0 Å². The van der Waals surface area contributed by atoms with Gasteiger partial charge in [0.05, 0.1) is 27.3 Å². The second-order valence-corrected chi connectivity index (χ2v) is 9.41. The van der Waals surface area contributed by atoms with E-state index in [4.69, 9.17) is 38.1 Å². The molecule has 9 heteroatoms. The van der Waals surface area contributed by atoms with E-state index in [9.17, 15) is 9.90 Å². The Morgan fingerprint density at radius 2 is 1.76 bits per heavy atom. The van der Waals surface area contributed by atoms with Gasteiger partial charge in [-0.05, 0) is 69.1 Å². The highest BCUT2D eigenvalue weighted by Gasteiger charge is 2.33. The van der Waals surface area contributed by atoms with Gasteiger partial charge in [0, 0.05) is 31.2 Å². The van der Waals surface area contributed by atoms with Crippen molar-refractivity contribution in [2.45, 2.75) is 39.2 Å². The average Bonchev–Trinajstić information content (AvgIpc) is 2.71. The molecule has 2 aromatic rings. The minimum Gasteiger partial charge on any atom is -0.483 e. The lowest BCUT2D eigenvalue weighted by Gasteiger charge is -2.43. The molecule has 33 heavy (non-hydrogen) atoms. The molecule has 0 unspecified atom stereocenters. The molecular formula is C24H29Cl2N3O4. The zero-order valence-electron chi connectivity index (χ0n) is 18.8. The molecule has 7 nitrogen and oxygen atoms in total. The minimum absolute atomic E-state index is 0.201. The fourth-order valence-electron chi connectivity index (χ4n) is 4.82. The molecule has 178 valence electrons. The second kappa shape index (κ2) is 11.2. The molecule has 2 aliphatic heterocycles. The van der Waals surface area contributed by atoms with Crippen LogP contribution in [0.15, 0.2) is 24.3 Å². The van der Waals surface area contributed by atoms with E-state index in [1.807, 2.05) is 18.2 Å². The fourth-order valence-corrected chi connectivity index (χ4v) is 5.46. The number of benzene rings is 1. The van der Waals surface area contributed by atoms with Crippen molar-refractivity contribution >= 4 is 41.3 Å². The van der Waals surface area contributed by atoms with E-state index >= 15 is 0 Å². The van der Waals surface area contributed by atoms with E-state index in [2.05, 4.69) is 29.7 Å². The van der Waals surface area contributed by atoms with Crippen molar-refractivity contribution in [3.05, 3.63) is 56.8 Å². The third-order valence-corrected chi connectivity index (χ3v) is 6.99. The maximum Gasteiger partial charge on any atom is 0.306 e. The van der Waals surface area contributed by atoms with E-state index in [1.54, 1.807) is 0 Å². The Kier molecular flexibility index (Phi) is 8.57. The summed E-state index contributed by atoms with van der Waals surface area (Å²) in [4.78, 5) is 28.9. The van der Waals surface area contributed by atoms with Crippen molar-refractivity contribution in [2.24, 2.45) is 5.92 Å². The molecule has 1 aromatic heterocycles. The molecule has 2 aliphatic rings. The van der Waals surface area contributed by atoms with E-state index in [-0.39, 0.29) is 12.4 Å². The number of hydrogen-bond acceptors (Lipinski definition) is 5. The summed E-state index contributed by atoms with van der Waals surface area (Å²) in [5.74, 6) is -0.449. The number of piperidine rings is 1. The Labute approximate surface area is 203 Å². The van der Waals surface area contributed by atoms with E-state index in [1.165, 1.54) is 11.1 Å². The highest BCUT2D eigenvalue weighted by molar-refractivity contribution is 6.39. The molecule has 0 amide bonds. The molecule has 0 spiro atoms. The number of para-hydroxylation sites is 1. The van der Waals surface area contributed by atoms with Crippen LogP contribution < -0.4 is 4.90 Å². The number of pyridine rings is 1. The maximum atomic E-state index is 11.1. The van der Waals surface area contributed by atoms with Gasteiger partial charge >= 0.3 is 5.97 Å². The number of carbonyl (C=O) groups is 2. The molecule has 2 fully saturated rings. The summed E-state index contributed by atoms with van der Waals surface area (Å²) in [5, 5.41) is 17.4. The highest BCUT2D eigenvalue weighted by Crippen LogP contribution is 2.41. The van der Waals surface area contributed by atoms with E-state index < -0.39 is 5.97 Å². The van der Waals surface area contributed by atoms with Crippen molar-refractivity contribution in [1.82, 2.24) is 9.88 Å². The van der Waals surface area contributed by atoms with Gasteiger partial charge in [-0.25, -0.2) is 0 Å². The monoisotopic (exact) mass is 493 g/mol. The van der Waals surface area contributed by atoms with Crippen molar-refractivity contribution in [1.29, 1.82) is 0 Å². The third-order valence-electron chi connectivity index (χ3n) is 6.38. The van der Waals surface area contributed by atoms with E-state index in [0.29, 0.717) is 28.8 Å². The zero-order chi connectivity index (χ0) is 24.1. The first-order chi connectivity index (χ1) is 15.7. The Morgan fingerprint density at radius 1 is 1.18 bits per heavy atom. The molecule has 0 bridgehead atoms. The summed E-state index contributed by atoms with van der Waals surface area (Å²) < 4.78 is 0. The summed E-state index contributed by atoms with van der Waals surface area (Å²) in [7, 11) is 0. The summed E-state index contributed by atoms with van der Waals surface area (Å²) in [6.07, 6.45) is 1.43. The normalized spacial score (nSPS) is 17.2. The smallest absolute Gasteiger partial charge is 0.306 e. The number of halogens is 2. The topological polar surface area (TPSA) is 94.0 Å². The summed E-state index contributed by atoms with van der Waals surface area (Å²) >= 11 is 12.7. The van der Waals surface area contributed by atoms with Gasteiger partial charge in [0.15, 0.2) is 0 Å². The van der Waals surface area contributed by atoms with Crippen LogP contribution in [0.1, 0.15) is 41.3 Å². The summed E-state index contributed by atoms with van der Waals surface area (Å²) in [6, 6.07) is 7.81. The Bertz CT molecular complexity index is 960. The number of carboxylic acids is 1. The van der Waals surface area contributed by atoms with Crippen LogP contribution in [0.2, 0.25) is 10.0 Å². The molecule has 2 N–H and O–H groups in total. The number of aliphatic carboxylic acids is 1. The number of carboxylic acid groups (broad SMARTS) is 2. The van der Waals surface area contributed by atoms with Crippen LogP contribution in [-0.2, 0) is 16.1 Å². The maximum absolute atomic E-state index is 11.1. The predicted octanol–water partition coefficient (Wildman–Crippen LogP) is 4.61.